The van der Waals surface area contributed by atoms with Gasteiger partial charge in [-0.05, 0) is 56.7 Å². The van der Waals surface area contributed by atoms with Gasteiger partial charge in [0.25, 0.3) is 11.6 Å². The Labute approximate surface area is 213 Å². The van der Waals surface area contributed by atoms with Gasteiger partial charge < -0.3 is 9.80 Å². The largest absolute Gasteiger partial charge is 0.498 e. The zero-order chi connectivity index (χ0) is 27.6. The smallest absolute Gasteiger partial charge is 0.334 e. The van der Waals surface area contributed by atoms with Crippen LogP contribution in [0.15, 0.2) is 23.0 Å². The van der Waals surface area contributed by atoms with Crippen LogP contribution < -0.4 is 15.2 Å². The molecule has 0 spiro atoms. The molecule has 1 aliphatic heterocycles. The van der Waals surface area contributed by atoms with Gasteiger partial charge in [-0.15, -0.1) is 0 Å². The number of halogens is 4. The quantitative estimate of drug-likeness (QED) is 0.459. The number of rotatable bonds is 5. The minimum Gasteiger partial charge on any atom is -0.334 e. The molecule has 38 heavy (non-hydrogen) atoms. The Morgan fingerprint density at radius 1 is 1.13 bits per heavy atom. The van der Waals surface area contributed by atoms with Crippen molar-refractivity contribution in [1.82, 2.24) is 14.9 Å². The van der Waals surface area contributed by atoms with Crippen LogP contribution in [-0.2, 0) is 16.0 Å². The number of benzene rings is 1. The maximum Gasteiger partial charge on any atom is 0.498 e. The van der Waals surface area contributed by atoms with E-state index in [-0.39, 0.29) is 53.3 Å². The summed E-state index contributed by atoms with van der Waals surface area (Å²) in [7, 11) is 0. The van der Waals surface area contributed by atoms with Gasteiger partial charge in [0.1, 0.15) is 17.2 Å². The summed E-state index contributed by atoms with van der Waals surface area (Å²) >= 11 is 0. The number of hydrogen-bond donors (Lipinski definition) is 1. The number of piperazine rings is 1. The number of carbonyl (C=O) groups excluding carboxylic acids is 3. The molecule has 9 nitrogen and oxygen atoms in total. The molecule has 2 aromatic rings. The van der Waals surface area contributed by atoms with Gasteiger partial charge in [0.2, 0.25) is 5.91 Å². The number of alkyl halides is 3. The molecule has 6 rings (SSSR count). The average molecular weight is 537 g/mol. The summed E-state index contributed by atoms with van der Waals surface area (Å²) in [5, 5.41) is 2.07. The Balaban J connectivity index is 1.38. The molecule has 3 saturated carbocycles. The van der Waals surface area contributed by atoms with Gasteiger partial charge in [0, 0.05) is 29.8 Å². The van der Waals surface area contributed by atoms with E-state index in [0.717, 1.165) is 25.3 Å². The minimum absolute atomic E-state index is 0.00735. The molecule has 2 amide bonds. The third-order valence-corrected chi connectivity index (χ3v) is 7.91. The van der Waals surface area contributed by atoms with Crippen molar-refractivity contribution >= 4 is 17.8 Å². The first-order valence-electron chi connectivity index (χ1n) is 12.1. The molecule has 1 N–H and O–H groups in total. The Morgan fingerprint density at radius 3 is 2.39 bits per heavy atom. The summed E-state index contributed by atoms with van der Waals surface area (Å²) in [6.07, 6.45) is -2.54. The Hall–Kier alpha value is -3.77. The number of nitrogens with zero attached hydrogens (tertiary/aromatic N) is 3. The van der Waals surface area contributed by atoms with Crippen LogP contribution in [0.1, 0.15) is 52.0 Å². The lowest BCUT2D eigenvalue weighted by Crippen LogP contribution is -2.72. The SMILES string of the molecule is Cc1c(C)c(=O)[nH][n+](OC(=O)C(F)(F)F)c1Cc1ccc(F)c(C(=O)N2CCN(C34CC(C3)C4)C(=O)C2)c1. The molecule has 1 aromatic carbocycles. The number of aromatic nitrogens is 2. The number of hydrogen-bond acceptors (Lipinski definition) is 5. The highest BCUT2D eigenvalue weighted by molar-refractivity contribution is 5.97. The van der Waals surface area contributed by atoms with Gasteiger partial charge in [-0.1, -0.05) is 11.2 Å². The van der Waals surface area contributed by atoms with Crippen LogP contribution in [-0.4, -0.2) is 64.0 Å². The molecule has 4 fully saturated rings. The molecule has 4 aliphatic rings. The van der Waals surface area contributed by atoms with Crippen molar-refractivity contribution in [2.45, 2.75) is 51.2 Å². The topological polar surface area (TPSA) is 104 Å². The maximum atomic E-state index is 14.7. The Bertz CT molecular complexity index is 1400. The summed E-state index contributed by atoms with van der Waals surface area (Å²) in [6.45, 7) is 3.37. The fourth-order valence-corrected chi connectivity index (χ4v) is 5.52. The van der Waals surface area contributed by atoms with Crippen molar-refractivity contribution < 1.29 is 41.6 Å². The predicted octanol–water partition coefficient (Wildman–Crippen LogP) is 1.36. The average Bonchev–Trinajstić information content (AvgIpc) is 2.79. The van der Waals surface area contributed by atoms with E-state index in [9.17, 15) is 36.7 Å². The van der Waals surface area contributed by atoms with Crippen LogP contribution in [0.5, 0.6) is 0 Å². The van der Waals surface area contributed by atoms with Crippen molar-refractivity contribution in [1.29, 1.82) is 0 Å². The van der Waals surface area contributed by atoms with Gasteiger partial charge in [0.15, 0.2) is 0 Å². The van der Waals surface area contributed by atoms with Gasteiger partial charge in [-0.3, -0.25) is 14.4 Å². The number of nitrogens with one attached hydrogen (secondary N) is 1. The van der Waals surface area contributed by atoms with Crippen LogP contribution in [0.4, 0.5) is 17.6 Å². The number of carbonyl (C=O) groups is 3. The lowest BCUT2D eigenvalue weighted by Gasteiger charge is -2.67. The highest BCUT2D eigenvalue weighted by atomic mass is 19.4. The molecule has 3 aliphatic carbocycles. The first-order chi connectivity index (χ1) is 17.8. The van der Waals surface area contributed by atoms with E-state index in [4.69, 9.17) is 0 Å². The molecule has 13 heteroatoms. The van der Waals surface area contributed by atoms with Gasteiger partial charge in [-0.25, -0.2) is 9.18 Å². The highest BCUT2D eigenvalue weighted by Crippen LogP contribution is 2.60. The summed E-state index contributed by atoms with van der Waals surface area (Å²) < 4.78 is 53.1. The lowest BCUT2D eigenvalue weighted by molar-refractivity contribution is -0.921. The summed E-state index contributed by atoms with van der Waals surface area (Å²) in [5.74, 6) is -3.53. The highest BCUT2D eigenvalue weighted by Gasteiger charge is 2.61. The van der Waals surface area contributed by atoms with E-state index in [1.165, 1.54) is 30.9 Å². The molecule has 202 valence electrons. The van der Waals surface area contributed by atoms with Crippen molar-refractivity contribution in [3.63, 3.8) is 0 Å². The second-order valence-electron chi connectivity index (χ2n) is 10.3. The first-order valence-corrected chi connectivity index (χ1v) is 12.1. The summed E-state index contributed by atoms with van der Waals surface area (Å²) in [6, 6.07) is 3.61. The van der Waals surface area contributed by atoms with Crippen LogP contribution >= 0.6 is 0 Å². The van der Waals surface area contributed by atoms with Crippen LogP contribution in [0.2, 0.25) is 0 Å². The van der Waals surface area contributed by atoms with Gasteiger partial charge >= 0.3 is 17.7 Å². The Morgan fingerprint density at radius 2 is 1.82 bits per heavy atom. The fourth-order valence-electron chi connectivity index (χ4n) is 5.52. The molecule has 0 unspecified atom stereocenters. The van der Waals surface area contributed by atoms with E-state index in [2.05, 4.69) is 9.94 Å². The number of amides is 2. The van der Waals surface area contributed by atoms with Gasteiger partial charge in [-0.2, -0.15) is 18.0 Å². The van der Waals surface area contributed by atoms with Crippen LogP contribution in [0.25, 0.3) is 0 Å². The second-order valence-corrected chi connectivity index (χ2v) is 10.3. The molecule has 0 radical (unpaired) electrons. The fraction of sp³-hybridized carbons (Fsp3) is 0.480. The minimum atomic E-state index is -5.31. The predicted molar refractivity (Wildman–Crippen MR) is 121 cm³/mol. The summed E-state index contributed by atoms with van der Waals surface area (Å²) in [5.41, 5.74) is -0.411. The van der Waals surface area contributed by atoms with Gasteiger partial charge in [0.05, 0.1) is 12.0 Å². The van der Waals surface area contributed by atoms with E-state index in [0.29, 0.717) is 22.9 Å². The molecular formula is C25H25F4N4O5+. The molecular weight excluding hydrogens is 512 g/mol. The number of H-pyrrole nitrogens is 1. The molecule has 2 heterocycles. The van der Waals surface area contributed by atoms with Crippen molar-refractivity contribution in [2.75, 3.05) is 19.6 Å². The van der Waals surface area contributed by atoms with E-state index in [1.54, 1.807) is 0 Å². The Kier molecular flexibility index (Phi) is 6.07. The summed E-state index contributed by atoms with van der Waals surface area (Å²) in [4.78, 5) is 57.3. The standard InChI is InChI=1S/C25H24F4N4O5/c1-13-14(2)21(35)30-33(38-23(37)25(27,28)29)19(13)8-15-3-4-18(26)17(7-15)22(36)31-5-6-32(20(34)12-31)24-9-16(10-24)11-24/h3-4,7,16H,5-6,8-12H2,1-2H3/p+1. The normalized spacial score (nSPS) is 22.6. The van der Waals surface area contributed by atoms with Crippen molar-refractivity contribution in [2.24, 2.45) is 5.92 Å². The molecule has 1 saturated heterocycles. The van der Waals surface area contributed by atoms with Crippen molar-refractivity contribution in [3.8, 4) is 0 Å². The first kappa shape index (κ1) is 25.9. The molecule has 1 aromatic heterocycles. The zero-order valence-electron chi connectivity index (χ0n) is 20.7. The molecule has 2 bridgehead atoms. The van der Waals surface area contributed by atoms with E-state index in [1.807, 2.05) is 4.90 Å². The van der Waals surface area contributed by atoms with Crippen LogP contribution in [0, 0.1) is 25.6 Å². The van der Waals surface area contributed by atoms with Crippen molar-refractivity contribution in [3.05, 3.63) is 62.3 Å². The van der Waals surface area contributed by atoms with Crippen LogP contribution in [0.3, 0.4) is 0 Å². The third-order valence-electron chi connectivity index (χ3n) is 7.91. The molecule has 0 atom stereocenters. The second kappa shape index (κ2) is 8.91. The number of aromatic amines is 1. The lowest BCUT2D eigenvalue weighted by atomic mass is 9.49. The van der Waals surface area contributed by atoms with E-state index >= 15 is 0 Å². The third kappa shape index (κ3) is 4.33. The van der Waals surface area contributed by atoms with E-state index < -0.39 is 29.4 Å². The maximum absolute atomic E-state index is 14.7. The monoisotopic (exact) mass is 537 g/mol. The zero-order valence-corrected chi connectivity index (χ0v) is 20.7.